The molecular formula is C20H33N. The first kappa shape index (κ1) is 17.8. The molecule has 0 bridgehead atoms. The molecule has 0 aliphatic heterocycles. The summed E-state index contributed by atoms with van der Waals surface area (Å²) in [6.45, 7) is 14.0. The molecule has 1 rings (SSSR count). The summed E-state index contributed by atoms with van der Waals surface area (Å²) in [5, 5.41) is 0. The van der Waals surface area contributed by atoms with Crippen LogP contribution >= 0.6 is 0 Å². The first-order valence-electron chi connectivity index (χ1n) is 8.36. The van der Waals surface area contributed by atoms with Crippen LogP contribution in [0.1, 0.15) is 72.8 Å². The Morgan fingerprint density at radius 2 is 1.33 bits per heavy atom. The number of hydrogen-bond donors (Lipinski definition) is 0. The minimum absolute atomic E-state index is 0.179. The van der Waals surface area contributed by atoms with E-state index in [1.165, 1.54) is 31.2 Å². The Kier molecular flexibility index (Phi) is 6.51. The van der Waals surface area contributed by atoms with E-state index in [1.807, 2.05) is 0 Å². The van der Waals surface area contributed by atoms with Gasteiger partial charge in [0.1, 0.15) is 0 Å². The molecule has 118 valence electrons. The highest BCUT2D eigenvalue weighted by Crippen LogP contribution is 2.32. The first-order chi connectivity index (χ1) is 9.83. The van der Waals surface area contributed by atoms with Gasteiger partial charge in [-0.05, 0) is 52.2 Å². The molecule has 0 fully saturated rings. The van der Waals surface area contributed by atoms with Gasteiger partial charge in [-0.2, -0.15) is 0 Å². The van der Waals surface area contributed by atoms with E-state index in [0.29, 0.717) is 0 Å². The molecule has 1 nitrogen and oxygen atoms in total. The Morgan fingerprint density at radius 3 is 1.76 bits per heavy atom. The van der Waals surface area contributed by atoms with E-state index in [1.54, 1.807) is 0 Å². The molecule has 0 amide bonds. The van der Waals surface area contributed by atoms with Crippen molar-refractivity contribution in [3.63, 3.8) is 0 Å². The molecule has 0 N–H and O–H groups in total. The minimum Gasteiger partial charge on any atom is -0.367 e. The normalized spacial score (nSPS) is 12.9. The van der Waals surface area contributed by atoms with Crippen LogP contribution in [0.15, 0.2) is 36.5 Å². The number of benzene rings is 1. The van der Waals surface area contributed by atoms with Crippen LogP contribution in [0.5, 0.6) is 0 Å². The minimum atomic E-state index is 0.179. The van der Waals surface area contributed by atoms with Crippen molar-refractivity contribution < 1.29 is 0 Å². The molecule has 21 heavy (non-hydrogen) atoms. The van der Waals surface area contributed by atoms with E-state index in [9.17, 15) is 0 Å². The summed E-state index contributed by atoms with van der Waals surface area (Å²) < 4.78 is 0. The zero-order valence-corrected chi connectivity index (χ0v) is 14.8. The smallest absolute Gasteiger partial charge is 0.0346 e. The van der Waals surface area contributed by atoms with Crippen LogP contribution in [-0.2, 0) is 0 Å². The molecule has 0 saturated carbocycles. The predicted octanol–water partition coefficient (Wildman–Crippen LogP) is 6.12. The number of hydrogen-bond acceptors (Lipinski definition) is 1. The van der Waals surface area contributed by atoms with Gasteiger partial charge in [-0.1, -0.05) is 57.0 Å². The standard InChI is InChI=1S/C20H33N/c1-7-15-19(3,4)21(20(5,6)16-8-2)17-14-18-12-10-9-11-13-18/h9-14,17H,7-8,15-16H2,1-6H3. The van der Waals surface area contributed by atoms with Gasteiger partial charge in [-0.3, -0.25) is 0 Å². The van der Waals surface area contributed by atoms with Gasteiger partial charge in [0.15, 0.2) is 0 Å². The molecule has 0 aliphatic carbocycles. The average molecular weight is 287 g/mol. The summed E-state index contributed by atoms with van der Waals surface area (Å²) in [4.78, 5) is 2.57. The highest BCUT2D eigenvalue weighted by atomic mass is 15.2. The van der Waals surface area contributed by atoms with Gasteiger partial charge in [-0.15, -0.1) is 0 Å². The predicted molar refractivity (Wildman–Crippen MR) is 95.3 cm³/mol. The molecule has 0 atom stereocenters. The number of nitrogens with zero attached hydrogens (tertiary/aromatic N) is 1. The summed E-state index contributed by atoms with van der Waals surface area (Å²) in [6.07, 6.45) is 9.39. The van der Waals surface area contributed by atoms with Gasteiger partial charge in [-0.25, -0.2) is 0 Å². The lowest BCUT2D eigenvalue weighted by atomic mass is 9.87. The van der Waals surface area contributed by atoms with E-state index >= 15 is 0 Å². The molecule has 0 spiro atoms. The third-order valence-electron chi connectivity index (χ3n) is 4.24. The summed E-state index contributed by atoms with van der Waals surface area (Å²) in [6, 6.07) is 10.6. The molecule has 1 aromatic carbocycles. The second kappa shape index (κ2) is 7.68. The van der Waals surface area contributed by atoms with E-state index in [0.717, 1.165) is 0 Å². The lowest BCUT2D eigenvalue weighted by Gasteiger charge is -2.49. The molecule has 0 aliphatic rings. The average Bonchev–Trinajstić information content (AvgIpc) is 2.39. The van der Waals surface area contributed by atoms with Gasteiger partial charge in [0.05, 0.1) is 0 Å². The zero-order chi connectivity index (χ0) is 15.9. The maximum Gasteiger partial charge on any atom is 0.0346 e. The highest BCUT2D eigenvalue weighted by Gasteiger charge is 2.34. The highest BCUT2D eigenvalue weighted by molar-refractivity contribution is 5.48. The monoisotopic (exact) mass is 287 g/mol. The van der Waals surface area contributed by atoms with Crippen molar-refractivity contribution >= 4 is 6.08 Å². The van der Waals surface area contributed by atoms with Crippen LogP contribution in [0, 0.1) is 0 Å². The van der Waals surface area contributed by atoms with Crippen LogP contribution in [0.3, 0.4) is 0 Å². The van der Waals surface area contributed by atoms with E-state index in [4.69, 9.17) is 0 Å². The van der Waals surface area contributed by atoms with Crippen LogP contribution in [-0.4, -0.2) is 16.0 Å². The molecule has 0 aromatic heterocycles. The Balaban J connectivity index is 3.05. The van der Waals surface area contributed by atoms with Crippen molar-refractivity contribution in [2.45, 2.75) is 78.3 Å². The third kappa shape index (κ3) is 5.22. The fraction of sp³-hybridized carbons (Fsp3) is 0.600. The van der Waals surface area contributed by atoms with Crippen LogP contribution < -0.4 is 0 Å². The SMILES string of the molecule is CCCC(C)(C)N(C=Cc1ccccc1)C(C)(C)CCC. The first-order valence-corrected chi connectivity index (χ1v) is 8.36. The summed E-state index contributed by atoms with van der Waals surface area (Å²) in [5.74, 6) is 0. The molecule has 0 saturated heterocycles. The quantitative estimate of drug-likeness (QED) is 0.557. The maximum atomic E-state index is 2.57. The molecule has 0 radical (unpaired) electrons. The molecule has 0 unspecified atom stereocenters. The fourth-order valence-corrected chi connectivity index (χ4v) is 3.41. The van der Waals surface area contributed by atoms with Gasteiger partial charge in [0, 0.05) is 17.3 Å². The lowest BCUT2D eigenvalue weighted by Crippen LogP contribution is -2.52. The second-order valence-corrected chi connectivity index (χ2v) is 7.22. The van der Waals surface area contributed by atoms with Crippen molar-refractivity contribution in [1.29, 1.82) is 0 Å². The van der Waals surface area contributed by atoms with Crippen LogP contribution in [0.2, 0.25) is 0 Å². The molecular weight excluding hydrogens is 254 g/mol. The topological polar surface area (TPSA) is 3.24 Å². The molecule has 0 heterocycles. The second-order valence-electron chi connectivity index (χ2n) is 7.22. The molecule has 1 aromatic rings. The third-order valence-corrected chi connectivity index (χ3v) is 4.24. The van der Waals surface area contributed by atoms with Crippen molar-refractivity contribution in [2.75, 3.05) is 0 Å². The Labute approximate surface area is 132 Å². The van der Waals surface area contributed by atoms with Gasteiger partial charge >= 0.3 is 0 Å². The summed E-state index contributed by atoms with van der Waals surface area (Å²) >= 11 is 0. The van der Waals surface area contributed by atoms with Crippen LogP contribution in [0.4, 0.5) is 0 Å². The fourth-order valence-electron chi connectivity index (χ4n) is 3.41. The van der Waals surface area contributed by atoms with Crippen molar-refractivity contribution in [2.24, 2.45) is 0 Å². The zero-order valence-electron chi connectivity index (χ0n) is 14.8. The largest absolute Gasteiger partial charge is 0.367 e. The lowest BCUT2D eigenvalue weighted by molar-refractivity contribution is 0.0568. The Bertz CT molecular complexity index is 410. The van der Waals surface area contributed by atoms with Crippen molar-refractivity contribution in [1.82, 2.24) is 4.90 Å². The van der Waals surface area contributed by atoms with Crippen molar-refractivity contribution in [3.05, 3.63) is 42.1 Å². The van der Waals surface area contributed by atoms with Crippen molar-refractivity contribution in [3.8, 4) is 0 Å². The van der Waals surface area contributed by atoms with E-state index < -0.39 is 0 Å². The van der Waals surface area contributed by atoms with E-state index in [2.05, 4.69) is 89.1 Å². The summed E-state index contributed by atoms with van der Waals surface area (Å²) in [7, 11) is 0. The Morgan fingerprint density at radius 1 is 0.857 bits per heavy atom. The van der Waals surface area contributed by atoms with E-state index in [-0.39, 0.29) is 11.1 Å². The van der Waals surface area contributed by atoms with Gasteiger partial charge in [0.25, 0.3) is 0 Å². The Hall–Kier alpha value is -1.24. The molecule has 1 heteroatoms. The summed E-state index contributed by atoms with van der Waals surface area (Å²) in [5.41, 5.74) is 1.62. The van der Waals surface area contributed by atoms with Crippen LogP contribution in [0.25, 0.3) is 6.08 Å². The maximum absolute atomic E-state index is 2.57. The van der Waals surface area contributed by atoms with Gasteiger partial charge in [0.2, 0.25) is 0 Å². The van der Waals surface area contributed by atoms with Gasteiger partial charge < -0.3 is 4.90 Å². The number of rotatable bonds is 8.